The molecular formula is C51H45N2P3. The van der Waals surface area contributed by atoms with Crippen LogP contribution in [-0.4, -0.2) is 0 Å². The molecule has 0 saturated heterocycles. The summed E-state index contributed by atoms with van der Waals surface area (Å²) in [6, 6.07) is 80.1. The summed E-state index contributed by atoms with van der Waals surface area (Å²) in [5.74, 6) is 0. The van der Waals surface area contributed by atoms with Crippen LogP contribution >= 0.6 is 24.2 Å². The predicted molar refractivity (Wildman–Crippen MR) is 248 cm³/mol. The molecule has 0 spiro atoms. The summed E-state index contributed by atoms with van der Waals surface area (Å²) in [6.45, 7) is 4.53. The van der Waals surface area contributed by atoms with Crippen LogP contribution in [-0.2, 0) is 6.42 Å². The maximum atomic E-state index is 3.94. The van der Waals surface area contributed by atoms with Gasteiger partial charge in [-0.2, -0.15) is 0 Å². The molecule has 0 aliphatic carbocycles. The average Bonchev–Trinajstić information content (AvgIpc) is 3.25. The maximum Gasteiger partial charge on any atom is 0.0590 e. The molecule has 0 aliphatic heterocycles. The first-order chi connectivity index (χ1) is 27.6. The molecule has 0 aromatic heterocycles. The van der Waals surface area contributed by atoms with Gasteiger partial charge in [-0.3, -0.25) is 0 Å². The summed E-state index contributed by atoms with van der Waals surface area (Å²) in [4.78, 5) is 0. The molecular weight excluding hydrogens is 733 g/mol. The van der Waals surface area contributed by atoms with E-state index < -0.39 is 24.2 Å². The lowest BCUT2D eigenvalue weighted by Gasteiger charge is -2.41. The molecule has 1 N–H and O–H groups in total. The molecule has 274 valence electrons. The van der Waals surface area contributed by atoms with Crippen molar-refractivity contribution >= 4 is 67.4 Å². The number of rotatable bonds is 13. The van der Waals surface area contributed by atoms with Crippen LogP contribution in [0.1, 0.15) is 22.3 Å². The second kappa shape index (κ2) is 18.1. The summed E-state index contributed by atoms with van der Waals surface area (Å²) >= 11 is 0. The van der Waals surface area contributed by atoms with E-state index in [1.807, 2.05) is 0 Å². The highest BCUT2D eigenvalue weighted by Crippen LogP contribution is 2.57. The Balaban J connectivity index is 1.16. The molecule has 0 atom stereocenters. The molecule has 0 saturated carbocycles. The van der Waals surface area contributed by atoms with Crippen molar-refractivity contribution in [1.82, 2.24) is 0 Å². The van der Waals surface area contributed by atoms with Crippen LogP contribution in [0.4, 0.5) is 11.4 Å². The third-order valence-electron chi connectivity index (χ3n) is 9.82. The summed E-state index contributed by atoms with van der Waals surface area (Å²) in [7, 11) is -2.63. The van der Waals surface area contributed by atoms with Crippen LogP contribution < -0.4 is 41.4 Å². The van der Waals surface area contributed by atoms with Gasteiger partial charge in [0.05, 0.1) is 24.2 Å². The summed E-state index contributed by atoms with van der Waals surface area (Å²) < 4.78 is 2.78. The quantitative estimate of drug-likeness (QED) is 0.117. The smallest absolute Gasteiger partial charge is 0.0590 e. The number of hydrogen-bond acceptors (Lipinski definition) is 2. The van der Waals surface area contributed by atoms with Gasteiger partial charge in [-0.05, 0) is 54.7 Å². The maximum absolute atomic E-state index is 3.94. The van der Waals surface area contributed by atoms with Crippen molar-refractivity contribution in [2.75, 3.05) is 9.53 Å². The van der Waals surface area contributed by atoms with Crippen molar-refractivity contribution in [2.45, 2.75) is 20.3 Å². The number of hydrogen-bond donors (Lipinski definition) is 1. The second-order valence-corrected chi connectivity index (χ2v) is 20.2. The standard InChI is InChI=1S/C51H45N2P3/c1-40-37-42(33-35-50(40)52-54(44-21-9-3-10-22-44)45-23-11-4-12-24-45)39-43-34-36-51(41(2)38-43)53(55(46-25-13-5-14-26-46)47-27-15-6-16-28-47)56(48-29-17-7-18-30-48)49-31-19-8-20-32-49/h3-38,52H,39H2,1-2H3. The second-order valence-electron chi connectivity index (χ2n) is 13.8. The average molecular weight is 779 g/mol. The molecule has 8 aromatic rings. The Morgan fingerprint density at radius 1 is 0.375 bits per heavy atom. The normalized spacial score (nSPS) is 11.2. The molecule has 0 heterocycles. The minimum Gasteiger partial charge on any atom is -0.357 e. The van der Waals surface area contributed by atoms with Crippen LogP contribution in [0.5, 0.6) is 0 Å². The lowest BCUT2D eigenvalue weighted by molar-refractivity contribution is 1.17. The van der Waals surface area contributed by atoms with E-state index in [0.29, 0.717) is 0 Å². The molecule has 8 rings (SSSR count). The zero-order valence-corrected chi connectivity index (χ0v) is 34.5. The fraction of sp³-hybridized carbons (Fsp3) is 0.0588. The Morgan fingerprint density at radius 2 is 0.714 bits per heavy atom. The van der Waals surface area contributed by atoms with Crippen LogP contribution in [0, 0.1) is 13.8 Å². The van der Waals surface area contributed by atoms with E-state index in [0.717, 1.165) is 6.42 Å². The van der Waals surface area contributed by atoms with E-state index in [-0.39, 0.29) is 0 Å². The highest BCUT2D eigenvalue weighted by atomic mass is 31.2. The number of anilines is 2. The Morgan fingerprint density at radius 3 is 1.07 bits per heavy atom. The molecule has 8 aromatic carbocycles. The van der Waals surface area contributed by atoms with E-state index in [1.165, 1.54) is 65.5 Å². The zero-order valence-electron chi connectivity index (χ0n) is 31.8. The first-order valence-electron chi connectivity index (χ1n) is 19.1. The summed E-state index contributed by atoms with van der Waals surface area (Å²) in [5, 5.41) is 11.9. The number of benzene rings is 8. The zero-order chi connectivity index (χ0) is 38.1. The van der Waals surface area contributed by atoms with Gasteiger partial charge in [0.25, 0.3) is 0 Å². The van der Waals surface area contributed by atoms with Gasteiger partial charge in [0, 0.05) is 43.2 Å². The van der Waals surface area contributed by atoms with E-state index in [2.05, 4.69) is 242 Å². The van der Waals surface area contributed by atoms with Crippen LogP contribution in [0.3, 0.4) is 0 Å². The molecule has 2 nitrogen and oxygen atoms in total. The SMILES string of the molecule is Cc1cc(Cc2ccc(N(P(c3ccccc3)c3ccccc3)P(c3ccccc3)c3ccccc3)c(C)c2)ccc1NP(c1ccccc1)c1ccccc1. The third kappa shape index (κ3) is 8.70. The lowest BCUT2D eigenvalue weighted by Crippen LogP contribution is -2.32. The first-order valence-corrected chi connectivity index (χ1v) is 23.0. The Hall–Kier alpha value is -5.35. The molecule has 0 unspecified atom stereocenters. The highest BCUT2D eigenvalue weighted by molar-refractivity contribution is 7.90. The first kappa shape index (κ1) is 37.6. The highest BCUT2D eigenvalue weighted by Gasteiger charge is 2.33. The van der Waals surface area contributed by atoms with E-state index >= 15 is 0 Å². The molecule has 0 radical (unpaired) electrons. The van der Waals surface area contributed by atoms with E-state index in [1.54, 1.807) is 0 Å². The van der Waals surface area contributed by atoms with Gasteiger partial charge in [0.2, 0.25) is 0 Å². The monoisotopic (exact) mass is 778 g/mol. The van der Waals surface area contributed by atoms with Crippen molar-refractivity contribution in [3.8, 4) is 0 Å². The van der Waals surface area contributed by atoms with E-state index in [9.17, 15) is 0 Å². The molecule has 5 heteroatoms. The van der Waals surface area contributed by atoms with Gasteiger partial charge in [0.1, 0.15) is 0 Å². The van der Waals surface area contributed by atoms with Gasteiger partial charge >= 0.3 is 0 Å². The van der Waals surface area contributed by atoms with Crippen molar-refractivity contribution in [1.29, 1.82) is 0 Å². The number of aryl methyl sites for hydroxylation is 2. The van der Waals surface area contributed by atoms with Crippen molar-refractivity contribution in [2.24, 2.45) is 0 Å². The van der Waals surface area contributed by atoms with Crippen LogP contribution in [0.15, 0.2) is 218 Å². The van der Waals surface area contributed by atoms with Gasteiger partial charge in [-0.25, -0.2) is 0 Å². The fourth-order valence-electron chi connectivity index (χ4n) is 7.12. The molecule has 0 bridgehead atoms. The number of nitrogens with one attached hydrogen (secondary N) is 1. The summed E-state index contributed by atoms with van der Waals surface area (Å²) in [5.41, 5.74) is 7.63. The third-order valence-corrected chi connectivity index (χ3v) is 17.3. The van der Waals surface area contributed by atoms with Crippen LogP contribution in [0.2, 0.25) is 0 Å². The Kier molecular flexibility index (Phi) is 12.1. The predicted octanol–water partition coefficient (Wildman–Crippen LogP) is 11.3. The van der Waals surface area contributed by atoms with Crippen molar-refractivity contribution < 1.29 is 0 Å². The largest absolute Gasteiger partial charge is 0.357 e. The molecule has 0 aliphatic rings. The minimum absolute atomic E-state index is 0.746. The molecule has 56 heavy (non-hydrogen) atoms. The van der Waals surface area contributed by atoms with Crippen molar-refractivity contribution in [3.63, 3.8) is 0 Å². The Labute approximate surface area is 336 Å². The Bertz CT molecular complexity index is 2250. The van der Waals surface area contributed by atoms with Crippen LogP contribution in [0.25, 0.3) is 0 Å². The molecule has 0 fully saturated rings. The minimum atomic E-state index is -0.944. The summed E-state index contributed by atoms with van der Waals surface area (Å²) in [6.07, 6.45) is 0.868. The van der Waals surface area contributed by atoms with Gasteiger partial charge in [0.15, 0.2) is 0 Å². The number of nitrogens with zero attached hydrogens (tertiary/aromatic N) is 1. The van der Waals surface area contributed by atoms with Gasteiger partial charge in [-0.15, -0.1) is 0 Å². The van der Waals surface area contributed by atoms with Gasteiger partial charge in [-0.1, -0.05) is 206 Å². The van der Waals surface area contributed by atoms with Crippen molar-refractivity contribution in [3.05, 3.63) is 241 Å². The van der Waals surface area contributed by atoms with Gasteiger partial charge < -0.3 is 9.53 Å². The van der Waals surface area contributed by atoms with E-state index in [4.69, 9.17) is 0 Å². The lowest BCUT2D eigenvalue weighted by atomic mass is 10.0. The topological polar surface area (TPSA) is 15.3 Å². The fourth-order valence-corrected chi connectivity index (χ4v) is 15.2. The molecule has 0 amide bonds.